The van der Waals surface area contributed by atoms with Crippen molar-refractivity contribution in [2.45, 2.75) is 45.8 Å². The molecule has 0 radical (unpaired) electrons. The Morgan fingerprint density at radius 2 is 1.77 bits per heavy atom. The molecule has 2 rings (SSSR count). The van der Waals surface area contributed by atoms with E-state index in [0.717, 1.165) is 5.56 Å². The van der Waals surface area contributed by atoms with E-state index in [4.69, 9.17) is 25.8 Å². The number of hydrogen-bond donors (Lipinski definition) is 2. The average molecular weight is 450 g/mol. The lowest BCUT2D eigenvalue weighted by atomic mass is 10.1. The number of amides is 1. The molecular weight excluding hydrogens is 422 g/mol. The van der Waals surface area contributed by atoms with E-state index in [-0.39, 0.29) is 19.1 Å². The molecule has 7 nitrogen and oxygen atoms in total. The van der Waals surface area contributed by atoms with Crippen molar-refractivity contribution in [2.75, 3.05) is 18.5 Å². The fourth-order valence-electron chi connectivity index (χ4n) is 2.88. The zero-order valence-corrected chi connectivity index (χ0v) is 18.6. The first-order valence-corrected chi connectivity index (χ1v) is 10.5. The molecule has 1 unspecified atom stereocenters. The van der Waals surface area contributed by atoms with Crippen molar-refractivity contribution in [3.63, 3.8) is 0 Å². The van der Waals surface area contributed by atoms with Gasteiger partial charge in [0.15, 0.2) is 6.10 Å². The van der Waals surface area contributed by atoms with Crippen LogP contribution in [0.1, 0.15) is 31.9 Å². The summed E-state index contributed by atoms with van der Waals surface area (Å²) in [6.45, 7) is 6.00. The molecule has 0 aromatic heterocycles. The Balaban J connectivity index is 2.02. The second kappa shape index (κ2) is 12.2. The van der Waals surface area contributed by atoms with Crippen LogP contribution >= 0.6 is 11.6 Å². The van der Waals surface area contributed by atoms with Crippen molar-refractivity contribution in [3.8, 4) is 5.75 Å². The molecule has 0 aliphatic rings. The Kier molecular flexibility index (Phi) is 9.62. The number of halogens is 1. The first-order valence-electron chi connectivity index (χ1n) is 10.1. The maximum atomic E-state index is 12.3. The Hall–Kier alpha value is -2.77. The Morgan fingerprint density at radius 1 is 1.10 bits per heavy atom. The largest absolute Gasteiger partial charge is 0.492 e. The molecule has 2 N–H and O–H groups in total. The summed E-state index contributed by atoms with van der Waals surface area (Å²) in [7, 11) is 0. The van der Waals surface area contributed by atoms with Gasteiger partial charge in [-0.1, -0.05) is 29.8 Å². The number of carboxylic acid groups (broad SMARTS) is 1. The fourth-order valence-corrected chi connectivity index (χ4v) is 3.00. The molecule has 2 aromatic carbocycles. The minimum Gasteiger partial charge on any atom is -0.492 e. The van der Waals surface area contributed by atoms with Crippen molar-refractivity contribution in [1.82, 2.24) is 0 Å². The van der Waals surface area contributed by atoms with Gasteiger partial charge in [-0.15, -0.1) is 0 Å². The normalized spacial score (nSPS) is 11.8. The van der Waals surface area contributed by atoms with E-state index in [0.29, 0.717) is 35.1 Å². The number of rotatable bonds is 11. The minimum absolute atomic E-state index is 0.153. The van der Waals surface area contributed by atoms with Crippen LogP contribution in [0.5, 0.6) is 5.75 Å². The van der Waals surface area contributed by atoms with Gasteiger partial charge in [-0.3, -0.25) is 5.32 Å². The second-order valence-electron chi connectivity index (χ2n) is 7.12. The molecule has 0 aliphatic carbocycles. The van der Waals surface area contributed by atoms with E-state index in [1.165, 1.54) is 0 Å². The van der Waals surface area contributed by atoms with Gasteiger partial charge in [-0.25, -0.2) is 9.59 Å². The van der Waals surface area contributed by atoms with Gasteiger partial charge in [-0.2, -0.15) is 0 Å². The first kappa shape index (κ1) is 24.5. The van der Waals surface area contributed by atoms with E-state index in [1.807, 2.05) is 19.1 Å². The van der Waals surface area contributed by atoms with Gasteiger partial charge >= 0.3 is 12.1 Å². The minimum atomic E-state index is -1.04. The number of aliphatic carboxylic acids is 1. The summed E-state index contributed by atoms with van der Waals surface area (Å²) in [5.41, 5.74) is 2.09. The molecule has 2 aromatic rings. The predicted molar refractivity (Wildman–Crippen MR) is 119 cm³/mol. The van der Waals surface area contributed by atoms with Crippen LogP contribution in [0.2, 0.25) is 5.02 Å². The zero-order valence-electron chi connectivity index (χ0n) is 17.9. The molecular formula is C23H28ClNO6. The molecule has 8 heteroatoms. The van der Waals surface area contributed by atoms with Gasteiger partial charge in [0.05, 0.1) is 25.0 Å². The Bertz CT molecular complexity index is 869. The van der Waals surface area contributed by atoms with Crippen LogP contribution in [0, 0.1) is 0 Å². The highest BCUT2D eigenvalue weighted by atomic mass is 35.5. The molecule has 0 saturated carbocycles. The topological polar surface area (TPSA) is 94.1 Å². The van der Waals surface area contributed by atoms with Crippen molar-refractivity contribution >= 4 is 29.4 Å². The quantitative estimate of drug-likeness (QED) is 0.504. The number of carboxylic acids is 1. The molecule has 0 heterocycles. The van der Waals surface area contributed by atoms with Crippen molar-refractivity contribution in [3.05, 3.63) is 58.6 Å². The molecule has 31 heavy (non-hydrogen) atoms. The molecule has 0 saturated heterocycles. The molecule has 0 aliphatic heterocycles. The Labute approximate surface area is 187 Å². The van der Waals surface area contributed by atoms with Gasteiger partial charge in [0.25, 0.3) is 0 Å². The lowest BCUT2D eigenvalue weighted by molar-refractivity contribution is -0.153. The highest BCUT2D eigenvalue weighted by molar-refractivity contribution is 6.30. The maximum Gasteiger partial charge on any atom is 0.411 e. The number of carbonyl (C=O) groups excluding carboxylic acids is 1. The van der Waals surface area contributed by atoms with Gasteiger partial charge < -0.3 is 19.3 Å². The van der Waals surface area contributed by atoms with Crippen LogP contribution in [0.25, 0.3) is 0 Å². The summed E-state index contributed by atoms with van der Waals surface area (Å²) in [4.78, 5) is 23.8. The SMILES string of the molecule is CCOc1ccc(CC(OC(C)C)C(=O)O)cc1NC(=O)OCCc1ccc(Cl)cc1. The Morgan fingerprint density at radius 3 is 2.39 bits per heavy atom. The summed E-state index contributed by atoms with van der Waals surface area (Å²) >= 11 is 5.87. The highest BCUT2D eigenvalue weighted by Crippen LogP contribution is 2.27. The number of anilines is 1. The van der Waals surface area contributed by atoms with Gasteiger partial charge in [0.1, 0.15) is 5.75 Å². The van der Waals surface area contributed by atoms with Crippen LogP contribution in [0.3, 0.4) is 0 Å². The molecule has 0 bridgehead atoms. The van der Waals surface area contributed by atoms with E-state index >= 15 is 0 Å². The third kappa shape index (κ3) is 8.47. The van der Waals surface area contributed by atoms with Crippen LogP contribution in [0.15, 0.2) is 42.5 Å². The summed E-state index contributed by atoms with van der Waals surface area (Å²) in [6.07, 6.45) is -1.13. The average Bonchev–Trinajstić information content (AvgIpc) is 2.70. The molecule has 1 amide bonds. The summed E-state index contributed by atoms with van der Waals surface area (Å²) in [6, 6.07) is 12.4. The number of ether oxygens (including phenoxy) is 3. The van der Waals surface area contributed by atoms with Crippen LogP contribution in [0.4, 0.5) is 10.5 Å². The third-order valence-electron chi connectivity index (χ3n) is 4.25. The highest BCUT2D eigenvalue weighted by Gasteiger charge is 2.21. The molecule has 0 spiro atoms. The summed E-state index contributed by atoms with van der Waals surface area (Å²) in [5.74, 6) is -0.573. The lowest BCUT2D eigenvalue weighted by Gasteiger charge is -2.18. The van der Waals surface area contributed by atoms with Crippen molar-refractivity contribution in [1.29, 1.82) is 0 Å². The first-order chi connectivity index (χ1) is 14.8. The molecule has 168 valence electrons. The fraction of sp³-hybridized carbons (Fsp3) is 0.391. The van der Waals surface area contributed by atoms with Gasteiger partial charge in [0.2, 0.25) is 0 Å². The number of nitrogens with one attached hydrogen (secondary N) is 1. The maximum absolute atomic E-state index is 12.3. The summed E-state index contributed by atoms with van der Waals surface area (Å²) < 4.78 is 16.3. The monoisotopic (exact) mass is 449 g/mol. The van der Waals surface area contributed by atoms with E-state index < -0.39 is 18.2 Å². The zero-order chi connectivity index (χ0) is 22.8. The van der Waals surface area contributed by atoms with Crippen LogP contribution in [-0.2, 0) is 27.1 Å². The number of carbonyl (C=O) groups is 2. The smallest absolute Gasteiger partial charge is 0.411 e. The van der Waals surface area contributed by atoms with Crippen molar-refractivity contribution in [2.24, 2.45) is 0 Å². The lowest BCUT2D eigenvalue weighted by Crippen LogP contribution is -2.29. The molecule has 1 atom stereocenters. The predicted octanol–water partition coefficient (Wildman–Crippen LogP) is 4.95. The van der Waals surface area contributed by atoms with Crippen LogP contribution in [-0.4, -0.2) is 42.6 Å². The number of benzene rings is 2. The van der Waals surface area contributed by atoms with Gasteiger partial charge in [-0.05, 0) is 56.2 Å². The van der Waals surface area contributed by atoms with Crippen molar-refractivity contribution < 1.29 is 28.9 Å². The van der Waals surface area contributed by atoms with E-state index in [1.54, 1.807) is 44.2 Å². The van der Waals surface area contributed by atoms with Crippen LogP contribution < -0.4 is 10.1 Å². The second-order valence-corrected chi connectivity index (χ2v) is 7.55. The number of hydrogen-bond acceptors (Lipinski definition) is 5. The van der Waals surface area contributed by atoms with E-state index in [2.05, 4.69) is 5.32 Å². The van der Waals surface area contributed by atoms with E-state index in [9.17, 15) is 14.7 Å². The standard InChI is InChI=1S/C23H28ClNO6/c1-4-29-20-10-7-17(14-21(22(26)27)31-15(2)3)13-19(20)25-23(28)30-12-11-16-5-8-18(24)9-6-16/h5-10,13,15,21H,4,11-12,14H2,1-3H3,(H,25,28)(H,26,27). The summed E-state index contributed by atoms with van der Waals surface area (Å²) in [5, 5.41) is 12.7. The molecule has 0 fully saturated rings. The third-order valence-corrected chi connectivity index (χ3v) is 4.50. The van der Waals surface area contributed by atoms with Gasteiger partial charge in [0, 0.05) is 17.9 Å².